The van der Waals surface area contributed by atoms with Crippen LogP contribution in [0.1, 0.15) is 70.4 Å². The number of quaternary nitrogens is 1. The Morgan fingerprint density at radius 3 is 1.27 bits per heavy atom. The lowest BCUT2D eigenvalue weighted by molar-refractivity contribution is -0.910. The Kier molecular flexibility index (Phi) is 12.3. The van der Waals surface area contributed by atoms with E-state index in [0.29, 0.717) is 36.4 Å². The molecule has 2 rings (SSSR count). The molecule has 1 N–H and O–H groups in total. The van der Waals surface area contributed by atoms with Crippen LogP contribution in [0.2, 0.25) is 0 Å². The molecule has 2 aromatic rings. The molecule has 0 amide bonds. The molecule has 9 heteroatoms. The van der Waals surface area contributed by atoms with Crippen LogP contribution in [0.25, 0.3) is 0 Å². The van der Waals surface area contributed by atoms with E-state index in [1.54, 1.807) is 0 Å². The topological polar surface area (TPSA) is 43.3 Å². The minimum atomic E-state index is -5.72. The third kappa shape index (κ3) is 8.55. The number of rotatable bonds is 11. The van der Waals surface area contributed by atoms with Gasteiger partial charge >= 0.3 is 12.4 Å². The summed E-state index contributed by atoms with van der Waals surface area (Å²) in [5, 5.41) is 20.2. The first-order valence-electron chi connectivity index (χ1n) is 12.7. The SMILES string of the molecule is CCCC[N+](C)(CCCC)CCCC.[O-]c1ccc(C(c2ccc(O)cc2)(C(F)(F)F)C(F)(F)F)cc1. The van der Waals surface area contributed by atoms with Crippen molar-refractivity contribution in [3.05, 3.63) is 59.7 Å². The molecule has 0 bridgehead atoms. The van der Waals surface area contributed by atoms with Gasteiger partial charge in [0.1, 0.15) is 5.75 Å². The quantitative estimate of drug-likeness (QED) is 0.237. The number of halogens is 6. The average molecular weight is 536 g/mol. The van der Waals surface area contributed by atoms with Crippen molar-refractivity contribution in [3.8, 4) is 11.5 Å². The second kappa shape index (κ2) is 13.9. The minimum Gasteiger partial charge on any atom is -0.872 e. The Morgan fingerprint density at radius 1 is 0.649 bits per heavy atom. The number of phenolic OH excluding ortho intramolecular Hbond substituents is 1. The van der Waals surface area contributed by atoms with Crippen molar-refractivity contribution in [2.45, 2.75) is 77.1 Å². The molecule has 0 saturated heterocycles. The van der Waals surface area contributed by atoms with Crippen LogP contribution in [0.15, 0.2) is 48.5 Å². The monoisotopic (exact) mass is 535 g/mol. The molecule has 0 spiro atoms. The molecule has 0 aliphatic rings. The first-order valence-corrected chi connectivity index (χ1v) is 12.7. The van der Waals surface area contributed by atoms with Crippen LogP contribution >= 0.6 is 0 Å². The molecule has 0 aliphatic heterocycles. The summed E-state index contributed by atoms with van der Waals surface area (Å²) in [6.07, 6.45) is -3.23. The third-order valence-corrected chi connectivity index (χ3v) is 6.59. The standard InChI is InChI=1S/C15H10F6O2.C13H30N/c16-14(17,18)13(15(19,20)21,9-1-5-11(22)6-2-9)10-3-7-12(23)8-4-10;1-5-8-11-14(4,12-9-6-2)13-10-7-3/h1-8,22-23H;5-13H2,1-4H3/q;+1/p-1. The van der Waals surface area contributed by atoms with Gasteiger partial charge in [-0.1, -0.05) is 76.4 Å². The number of hydrogen-bond donors (Lipinski definition) is 1. The van der Waals surface area contributed by atoms with Gasteiger partial charge in [0.25, 0.3) is 0 Å². The fourth-order valence-electron chi connectivity index (χ4n) is 4.35. The van der Waals surface area contributed by atoms with Crippen molar-refractivity contribution in [3.63, 3.8) is 0 Å². The normalized spacial score (nSPS) is 12.7. The number of aromatic hydroxyl groups is 1. The van der Waals surface area contributed by atoms with Crippen molar-refractivity contribution >= 4 is 0 Å². The van der Waals surface area contributed by atoms with E-state index in [1.807, 2.05) is 0 Å². The van der Waals surface area contributed by atoms with Crippen molar-refractivity contribution in [1.82, 2.24) is 0 Å². The zero-order valence-corrected chi connectivity index (χ0v) is 22.1. The second-order valence-electron chi connectivity index (χ2n) is 9.67. The zero-order chi connectivity index (χ0) is 28.3. The average Bonchev–Trinajstić information content (AvgIpc) is 2.82. The van der Waals surface area contributed by atoms with Crippen molar-refractivity contribution in [1.29, 1.82) is 0 Å². The summed E-state index contributed by atoms with van der Waals surface area (Å²) in [6, 6.07) is 4.90. The molecule has 0 aliphatic carbocycles. The van der Waals surface area contributed by atoms with Crippen molar-refractivity contribution < 1.29 is 41.0 Å². The molecule has 0 radical (unpaired) electrons. The summed E-state index contributed by atoms with van der Waals surface area (Å²) in [4.78, 5) is 0. The second-order valence-corrected chi connectivity index (χ2v) is 9.67. The molecule has 210 valence electrons. The minimum absolute atomic E-state index is 0.470. The summed E-state index contributed by atoms with van der Waals surface area (Å²) in [5.41, 5.74) is -6.53. The Bertz CT molecular complexity index is 825. The molecule has 0 atom stereocenters. The summed E-state index contributed by atoms with van der Waals surface area (Å²) in [6.45, 7) is 11.0. The lowest BCUT2D eigenvalue weighted by atomic mass is 9.73. The summed E-state index contributed by atoms with van der Waals surface area (Å²) >= 11 is 0. The van der Waals surface area contributed by atoms with Crippen LogP contribution < -0.4 is 5.11 Å². The predicted molar refractivity (Wildman–Crippen MR) is 132 cm³/mol. The molecular weight excluding hydrogens is 496 g/mol. The smallest absolute Gasteiger partial charge is 0.411 e. The maximum Gasteiger partial charge on any atom is 0.411 e. The summed E-state index contributed by atoms with van der Waals surface area (Å²) in [7, 11) is 2.45. The van der Waals surface area contributed by atoms with E-state index < -0.39 is 40.4 Å². The molecule has 0 unspecified atom stereocenters. The Labute approximate surface area is 216 Å². The van der Waals surface area contributed by atoms with Crippen molar-refractivity contribution in [2.75, 3.05) is 26.7 Å². The van der Waals surface area contributed by atoms with Crippen LogP contribution in [0.4, 0.5) is 26.3 Å². The van der Waals surface area contributed by atoms with Crippen LogP contribution in [0, 0.1) is 0 Å². The van der Waals surface area contributed by atoms with E-state index in [4.69, 9.17) is 5.11 Å². The maximum atomic E-state index is 13.6. The fraction of sp³-hybridized carbons (Fsp3) is 0.571. The van der Waals surface area contributed by atoms with Gasteiger partial charge in [0.15, 0.2) is 0 Å². The molecule has 0 aromatic heterocycles. The largest absolute Gasteiger partial charge is 0.872 e. The Morgan fingerprint density at radius 2 is 0.973 bits per heavy atom. The molecule has 3 nitrogen and oxygen atoms in total. The predicted octanol–water partition coefficient (Wildman–Crippen LogP) is 7.71. The molecule has 0 saturated carbocycles. The lowest BCUT2D eigenvalue weighted by Crippen LogP contribution is -2.54. The van der Waals surface area contributed by atoms with E-state index in [-0.39, 0.29) is 0 Å². The van der Waals surface area contributed by atoms with Crippen LogP contribution in [-0.4, -0.2) is 48.6 Å². The van der Waals surface area contributed by atoms with Gasteiger partial charge in [-0.2, -0.15) is 26.3 Å². The maximum absolute atomic E-state index is 13.6. The van der Waals surface area contributed by atoms with Gasteiger partial charge in [-0.05, 0) is 42.5 Å². The molecule has 2 aromatic carbocycles. The molecule has 0 fully saturated rings. The zero-order valence-electron chi connectivity index (χ0n) is 22.1. The molecule has 37 heavy (non-hydrogen) atoms. The van der Waals surface area contributed by atoms with Gasteiger partial charge in [0.2, 0.25) is 5.41 Å². The van der Waals surface area contributed by atoms with Gasteiger partial charge < -0.3 is 14.7 Å². The van der Waals surface area contributed by atoms with Crippen molar-refractivity contribution in [2.24, 2.45) is 0 Å². The fourth-order valence-corrected chi connectivity index (χ4v) is 4.35. The number of hydrogen-bond acceptors (Lipinski definition) is 2. The highest BCUT2D eigenvalue weighted by atomic mass is 19.4. The summed E-state index contributed by atoms with van der Waals surface area (Å²) in [5.74, 6) is -1.18. The summed E-state index contributed by atoms with van der Waals surface area (Å²) < 4.78 is 82.8. The Balaban J connectivity index is 0.000000422. The van der Waals surface area contributed by atoms with Gasteiger partial charge in [-0.15, -0.1) is 5.75 Å². The highest BCUT2D eigenvalue weighted by molar-refractivity contribution is 5.46. The van der Waals surface area contributed by atoms with Gasteiger partial charge in [-0.25, -0.2) is 0 Å². The van der Waals surface area contributed by atoms with Crippen LogP contribution in [-0.2, 0) is 5.41 Å². The van der Waals surface area contributed by atoms with Gasteiger partial charge in [0.05, 0.1) is 26.7 Å². The molecule has 0 heterocycles. The van der Waals surface area contributed by atoms with Crippen LogP contribution in [0.5, 0.6) is 11.5 Å². The van der Waals surface area contributed by atoms with Crippen LogP contribution in [0.3, 0.4) is 0 Å². The third-order valence-electron chi connectivity index (χ3n) is 6.59. The first-order chi connectivity index (χ1) is 17.2. The molecular formula is C28H39F6NO2. The van der Waals surface area contributed by atoms with E-state index in [0.717, 1.165) is 12.1 Å². The van der Waals surface area contributed by atoms with E-state index in [9.17, 15) is 31.4 Å². The highest BCUT2D eigenvalue weighted by Crippen LogP contribution is 2.56. The van der Waals surface area contributed by atoms with Gasteiger partial charge in [-0.3, -0.25) is 0 Å². The Hall–Kier alpha value is -2.42. The van der Waals surface area contributed by atoms with Gasteiger partial charge in [0, 0.05) is 0 Å². The number of alkyl halides is 6. The lowest BCUT2D eigenvalue weighted by Gasteiger charge is -2.38. The highest BCUT2D eigenvalue weighted by Gasteiger charge is 2.72. The number of phenols is 1. The van der Waals surface area contributed by atoms with E-state index in [1.165, 1.54) is 62.6 Å². The number of nitrogens with zero attached hydrogens (tertiary/aromatic N) is 1. The van der Waals surface area contributed by atoms with E-state index in [2.05, 4.69) is 27.8 Å². The van der Waals surface area contributed by atoms with E-state index >= 15 is 0 Å². The number of unbranched alkanes of at least 4 members (excludes halogenated alkanes) is 3. The number of benzene rings is 2. The first kappa shape index (κ1) is 32.6.